The molecule has 0 heterocycles. The van der Waals surface area contributed by atoms with E-state index in [2.05, 4.69) is 15.4 Å². The first-order valence-electron chi connectivity index (χ1n) is 0.622. The Hall–Kier alpha value is 1.35. The molecule has 6 heavy (non-hydrogen) atoms. The molecule has 0 aromatic rings. The molecule has 0 spiro atoms. The topological polar surface area (TPSA) is 51.2 Å². The maximum atomic E-state index is 8.39. The van der Waals surface area contributed by atoms with E-state index >= 15 is 0 Å². The van der Waals surface area contributed by atoms with E-state index in [-0.39, 0.29) is 25.8 Å². The Balaban J connectivity index is -0.0000000225. The molecule has 0 saturated carbocycles. The van der Waals surface area contributed by atoms with Gasteiger partial charge in [-0.05, 0) is 0 Å². The fourth-order valence-corrected chi connectivity index (χ4v) is 0. The van der Waals surface area contributed by atoms with Crippen molar-refractivity contribution in [3.63, 3.8) is 0 Å². The van der Waals surface area contributed by atoms with Crippen LogP contribution in [-0.4, -0.2) is 42.0 Å². The van der Waals surface area contributed by atoms with E-state index in [0.29, 0.717) is 16.2 Å². The van der Waals surface area contributed by atoms with Crippen LogP contribution in [0.3, 0.4) is 0 Å². The van der Waals surface area contributed by atoms with E-state index in [9.17, 15) is 0 Å². The summed E-state index contributed by atoms with van der Waals surface area (Å²) in [7, 11) is 0. The van der Waals surface area contributed by atoms with E-state index in [4.69, 9.17) is 10.4 Å². The predicted octanol–water partition coefficient (Wildman–Crippen LogP) is -1.39. The molecule has 0 unspecified atom stereocenters. The molecular formula is HAlNiO3Pb. The van der Waals surface area contributed by atoms with E-state index in [1.807, 2.05) is 0 Å². The van der Waals surface area contributed by atoms with Gasteiger partial charge in [0.15, 0.2) is 0 Å². The monoisotopic (exact) mass is 342 g/mol. The number of hydrogen-bond donors (Lipinski definition) is 0. The summed E-state index contributed by atoms with van der Waals surface area (Å²) >= 11 is 3.29. The van der Waals surface area contributed by atoms with Crippen LogP contribution in [0.2, 0.25) is 0 Å². The summed E-state index contributed by atoms with van der Waals surface area (Å²) in [6.07, 6.45) is 0. The Labute approximate surface area is 67.2 Å². The summed E-state index contributed by atoms with van der Waals surface area (Å²) in [5.74, 6) is 0. The predicted molar refractivity (Wildman–Crippen MR) is 15.0 cm³/mol. The average Bonchev–Trinajstić information content (AvgIpc) is 1.81. The normalized spacial score (nSPS) is 2.17. The van der Waals surface area contributed by atoms with Crippen molar-refractivity contribution in [1.29, 1.82) is 0 Å². The molecule has 0 aliphatic rings. The summed E-state index contributed by atoms with van der Waals surface area (Å²) in [4.78, 5) is 0. The third-order valence-electron chi connectivity index (χ3n) is 0. The van der Waals surface area contributed by atoms with Crippen LogP contribution in [0.25, 0.3) is 0 Å². The molecule has 0 saturated heterocycles. The van der Waals surface area contributed by atoms with Gasteiger partial charge in [-0.15, -0.1) is 0 Å². The second-order valence-electron chi connectivity index (χ2n) is 0. The van der Waals surface area contributed by atoms with Crippen LogP contribution in [0.4, 0.5) is 0 Å². The van der Waals surface area contributed by atoms with Gasteiger partial charge in [0, 0.05) is 0 Å². The maximum absolute atomic E-state index is 8.39. The van der Waals surface area contributed by atoms with E-state index in [1.165, 1.54) is 0 Å². The Morgan fingerprint density at radius 1 is 1.17 bits per heavy atom. The third-order valence-corrected chi connectivity index (χ3v) is 0. The first kappa shape index (κ1) is 15.7. The van der Waals surface area contributed by atoms with Gasteiger partial charge in [0.1, 0.15) is 0 Å². The van der Waals surface area contributed by atoms with Crippen LogP contribution in [-0.2, 0) is 25.8 Å². The molecule has 0 rings (SSSR count). The van der Waals surface area contributed by atoms with Gasteiger partial charge < -0.3 is 0 Å². The molecule has 0 bridgehead atoms. The molecule has 0 N–H and O–H groups in total. The zero-order chi connectivity index (χ0) is 6.00. The molecule has 0 fully saturated rings. The Morgan fingerprint density at radius 3 is 1.17 bits per heavy atom. The van der Waals surface area contributed by atoms with Gasteiger partial charge in [-0.2, -0.15) is 0 Å². The zero-order valence-electron chi connectivity index (χ0n) is 2.75. The summed E-state index contributed by atoms with van der Waals surface area (Å²) < 4.78 is 24.5. The summed E-state index contributed by atoms with van der Waals surface area (Å²) in [6, 6.07) is 0. The van der Waals surface area contributed by atoms with Gasteiger partial charge in [0.25, 0.3) is 0 Å². The van der Waals surface area contributed by atoms with Crippen molar-refractivity contribution in [1.82, 2.24) is 0 Å². The standard InChI is InChI=1S/Al.Ni.3O.Pb.H. The third kappa shape index (κ3) is 55.6. The zero-order valence-corrected chi connectivity index (χ0v) is 9.04. The fraction of sp³-hybridized carbons (Fsp3) is 0. The van der Waals surface area contributed by atoms with Crippen LogP contribution in [0.15, 0.2) is 0 Å². The van der Waals surface area contributed by atoms with Crippen molar-refractivity contribution < 1.29 is 25.8 Å². The van der Waals surface area contributed by atoms with Gasteiger partial charge in [0.05, 0.1) is 0 Å². The molecule has 0 amide bonds. The molecule has 0 aliphatic heterocycles. The molecule has 2 radical (unpaired) electrons. The second kappa shape index (κ2) is 99.9. The Morgan fingerprint density at radius 2 is 1.17 bits per heavy atom. The Bertz CT molecular complexity index is 15.5. The molecule has 6 heteroatoms. The van der Waals surface area contributed by atoms with Gasteiger partial charge in [-0.3, -0.25) is 0 Å². The molecule has 0 atom stereocenters. The van der Waals surface area contributed by atoms with E-state index in [1.54, 1.807) is 0 Å². The molecule has 3 nitrogen and oxygen atoms in total. The van der Waals surface area contributed by atoms with Crippen molar-refractivity contribution in [3.05, 3.63) is 0 Å². The van der Waals surface area contributed by atoms with Crippen molar-refractivity contribution in [2.24, 2.45) is 0 Å². The Kier molecular flexibility index (Phi) is 261. The molecule has 36 valence electrons. The molecule has 0 aromatic heterocycles. The van der Waals surface area contributed by atoms with Gasteiger partial charge >= 0.3 is 67.8 Å². The number of hydrogen-bond acceptors (Lipinski definition) is 3. The van der Waals surface area contributed by atoms with E-state index in [0.717, 1.165) is 0 Å². The van der Waals surface area contributed by atoms with Crippen molar-refractivity contribution in [2.75, 3.05) is 0 Å². The van der Waals surface area contributed by atoms with Crippen LogP contribution in [0.1, 0.15) is 0 Å². The van der Waals surface area contributed by atoms with Gasteiger partial charge in [-0.25, -0.2) is 0 Å². The first-order chi connectivity index (χ1) is 3.00. The quantitative estimate of drug-likeness (QED) is 0.510. The minimum absolute atomic E-state index is 0.0556. The second-order valence-corrected chi connectivity index (χ2v) is 0. The van der Waals surface area contributed by atoms with E-state index < -0.39 is 0 Å². The first-order valence-corrected chi connectivity index (χ1v) is 3.19. The van der Waals surface area contributed by atoms with Crippen LogP contribution < -0.4 is 0 Å². The molecule has 0 aliphatic carbocycles. The number of rotatable bonds is 0. The average molecular weight is 342 g/mol. The summed E-state index contributed by atoms with van der Waals surface area (Å²) in [6.45, 7) is 0. The van der Waals surface area contributed by atoms with Gasteiger partial charge in [0.2, 0.25) is 0 Å². The summed E-state index contributed by atoms with van der Waals surface area (Å²) in [5.41, 5.74) is 0. The van der Waals surface area contributed by atoms with Crippen molar-refractivity contribution >= 4 is 42.0 Å². The van der Waals surface area contributed by atoms with Crippen molar-refractivity contribution in [3.8, 4) is 0 Å². The SMILES string of the molecule is [O]=[AlH].[O]=[Ni].[O]=[Pb]. The molecule has 0 aromatic carbocycles. The molecular weight excluding hydrogens is 341 g/mol. The summed E-state index contributed by atoms with van der Waals surface area (Å²) in [5, 5.41) is 0. The minimum atomic E-state index is 0.0556. The fourth-order valence-electron chi connectivity index (χ4n) is 0. The van der Waals surface area contributed by atoms with Crippen LogP contribution in [0.5, 0.6) is 0 Å². The van der Waals surface area contributed by atoms with Crippen LogP contribution in [0, 0.1) is 0 Å². The van der Waals surface area contributed by atoms with Crippen LogP contribution >= 0.6 is 0 Å². The van der Waals surface area contributed by atoms with Crippen molar-refractivity contribution in [2.45, 2.75) is 0 Å². The van der Waals surface area contributed by atoms with Gasteiger partial charge in [-0.1, -0.05) is 0 Å².